The minimum atomic E-state index is -0.537. The van der Waals surface area contributed by atoms with Crippen molar-refractivity contribution >= 4 is 11.8 Å². The van der Waals surface area contributed by atoms with Crippen molar-refractivity contribution in [1.29, 1.82) is 0 Å². The van der Waals surface area contributed by atoms with Crippen molar-refractivity contribution in [3.63, 3.8) is 0 Å². The van der Waals surface area contributed by atoms with Crippen molar-refractivity contribution in [1.82, 2.24) is 4.90 Å². The third-order valence-corrected chi connectivity index (χ3v) is 4.43. The van der Waals surface area contributed by atoms with Crippen molar-refractivity contribution in [2.24, 2.45) is 5.73 Å². The van der Waals surface area contributed by atoms with Gasteiger partial charge in [-0.2, -0.15) is 0 Å². The molecule has 0 saturated carbocycles. The molecule has 0 aliphatic carbocycles. The molecule has 1 aliphatic rings. The number of nitrogens with two attached hydrogens (primary N) is 1. The fraction of sp³-hybridized carbons (Fsp3) is 0.333. The van der Waals surface area contributed by atoms with Crippen LogP contribution in [0.3, 0.4) is 0 Å². The van der Waals surface area contributed by atoms with Crippen molar-refractivity contribution in [2.45, 2.75) is 32.7 Å². The number of primary amides is 1. The van der Waals surface area contributed by atoms with Gasteiger partial charge in [-0.25, -0.2) is 0 Å². The summed E-state index contributed by atoms with van der Waals surface area (Å²) in [5.74, 6) is -0.126. The first-order chi connectivity index (χ1) is 12.9. The first-order valence-electron chi connectivity index (χ1n) is 8.99. The molecule has 3 rings (SSSR count). The molecule has 2 atom stereocenters. The van der Waals surface area contributed by atoms with Gasteiger partial charge in [0.25, 0.3) is 11.8 Å². The van der Waals surface area contributed by atoms with Crippen LogP contribution in [0.2, 0.25) is 0 Å². The van der Waals surface area contributed by atoms with E-state index < -0.39 is 5.91 Å². The fourth-order valence-corrected chi connectivity index (χ4v) is 3.28. The molecule has 142 valence electrons. The largest absolute Gasteiger partial charge is 0.488 e. The fourth-order valence-electron chi connectivity index (χ4n) is 3.28. The van der Waals surface area contributed by atoms with Crippen LogP contribution in [0, 0.1) is 0 Å². The zero-order valence-corrected chi connectivity index (χ0v) is 15.6. The molecule has 2 amide bonds. The Morgan fingerprint density at radius 1 is 1.11 bits per heavy atom. The predicted molar refractivity (Wildman–Crippen MR) is 102 cm³/mol. The van der Waals surface area contributed by atoms with Gasteiger partial charge < -0.3 is 20.1 Å². The highest BCUT2D eigenvalue weighted by atomic mass is 16.5. The van der Waals surface area contributed by atoms with Gasteiger partial charge in [-0.05, 0) is 43.7 Å². The molecule has 27 heavy (non-hydrogen) atoms. The van der Waals surface area contributed by atoms with E-state index in [0.29, 0.717) is 30.0 Å². The standard InChI is InChI=1S/C21H24N2O4/c1-14-11-23(12-15(2)27-14)21(25)17-7-5-6-16(10-17)13-26-19-9-4-3-8-18(19)20(22)24/h3-10,14-15H,11-13H2,1-2H3,(H2,22,24). The molecular formula is C21H24N2O4. The van der Waals surface area contributed by atoms with Gasteiger partial charge in [0.2, 0.25) is 0 Å². The molecule has 2 unspecified atom stereocenters. The Morgan fingerprint density at radius 3 is 2.52 bits per heavy atom. The van der Waals surface area contributed by atoms with Gasteiger partial charge >= 0.3 is 0 Å². The number of ether oxygens (including phenoxy) is 2. The van der Waals surface area contributed by atoms with Crippen LogP contribution in [0.4, 0.5) is 0 Å². The Balaban J connectivity index is 1.71. The number of hydrogen-bond acceptors (Lipinski definition) is 4. The highest BCUT2D eigenvalue weighted by Crippen LogP contribution is 2.20. The molecule has 0 spiro atoms. The molecule has 2 aromatic carbocycles. The lowest BCUT2D eigenvalue weighted by Gasteiger charge is -2.35. The molecule has 0 aromatic heterocycles. The van der Waals surface area contributed by atoms with E-state index in [-0.39, 0.29) is 24.7 Å². The molecule has 0 radical (unpaired) electrons. The monoisotopic (exact) mass is 368 g/mol. The van der Waals surface area contributed by atoms with E-state index in [0.717, 1.165) is 5.56 Å². The number of benzene rings is 2. The van der Waals surface area contributed by atoms with Crippen LogP contribution in [0.1, 0.15) is 40.1 Å². The molecule has 1 fully saturated rings. The van der Waals surface area contributed by atoms with E-state index in [1.165, 1.54) is 0 Å². The molecule has 2 N–H and O–H groups in total. The highest BCUT2D eigenvalue weighted by molar-refractivity contribution is 5.95. The van der Waals surface area contributed by atoms with Crippen molar-refractivity contribution in [3.05, 3.63) is 65.2 Å². The zero-order chi connectivity index (χ0) is 19.4. The van der Waals surface area contributed by atoms with Crippen molar-refractivity contribution in [3.8, 4) is 5.75 Å². The zero-order valence-electron chi connectivity index (χ0n) is 15.6. The summed E-state index contributed by atoms with van der Waals surface area (Å²) in [4.78, 5) is 26.1. The Bertz CT molecular complexity index is 826. The molecule has 6 heteroatoms. The average molecular weight is 368 g/mol. The smallest absolute Gasteiger partial charge is 0.254 e. The second-order valence-corrected chi connectivity index (χ2v) is 6.82. The van der Waals surface area contributed by atoms with Gasteiger partial charge in [0, 0.05) is 18.7 Å². The van der Waals surface area contributed by atoms with Crippen LogP contribution in [0.15, 0.2) is 48.5 Å². The van der Waals surface area contributed by atoms with E-state index in [1.807, 2.05) is 36.9 Å². The number of carbonyl (C=O) groups excluding carboxylic acids is 2. The molecule has 1 heterocycles. The first kappa shape index (κ1) is 18.9. The topological polar surface area (TPSA) is 81.9 Å². The van der Waals surface area contributed by atoms with Crippen LogP contribution in [-0.2, 0) is 11.3 Å². The number of rotatable bonds is 5. The molecule has 1 aliphatic heterocycles. The van der Waals surface area contributed by atoms with E-state index in [2.05, 4.69) is 0 Å². The minimum absolute atomic E-state index is 0.0172. The van der Waals surface area contributed by atoms with Crippen LogP contribution in [0.5, 0.6) is 5.75 Å². The number of carbonyl (C=O) groups is 2. The SMILES string of the molecule is CC1CN(C(=O)c2cccc(COc3ccccc3C(N)=O)c2)CC(C)O1. The van der Waals surface area contributed by atoms with Crippen LogP contribution in [0.25, 0.3) is 0 Å². The van der Waals surface area contributed by atoms with Crippen LogP contribution >= 0.6 is 0 Å². The van der Waals surface area contributed by atoms with Crippen LogP contribution in [-0.4, -0.2) is 42.0 Å². The number of hydrogen-bond donors (Lipinski definition) is 1. The summed E-state index contributed by atoms with van der Waals surface area (Å²) >= 11 is 0. The van der Waals surface area contributed by atoms with Gasteiger partial charge in [-0.3, -0.25) is 9.59 Å². The lowest BCUT2D eigenvalue weighted by Crippen LogP contribution is -2.48. The van der Waals surface area contributed by atoms with Gasteiger partial charge in [0.15, 0.2) is 0 Å². The van der Waals surface area contributed by atoms with Gasteiger partial charge in [-0.15, -0.1) is 0 Å². The summed E-state index contributed by atoms with van der Waals surface area (Å²) in [6.07, 6.45) is 0.0454. The summed E-state index contributed by atoms with van der Waals surface area (Å²) in [5.41, 5.74) is 7.16. The quantitative estimate of drug-likeness (QED) is 0.879. The Kier molecular flexibility index (Phi) is 5.76. The normalized spacial score (nSPS) is 19.6. The Morgan fingerprint density at radius 2 is 1.81 bits per heavy atom. The van der Waals surface area contributed by atoms with Crippen molar-refractivity contribution in [2.75, 3.05) is 13.1 Å². The van der Waals surface area contributed by atoms with Gasteiger partial charge in [0.1, 0.15) is 12.4 Å². The molecule has 2 aromatic rings. The predicted octanol–water partition coefficient (Wildman–Crippen LogP) is 2.61. The maximum atomic E-state index is 12.8. The Hall–Kier alpha value is -2.86. The van der Waals surface area contributed by atoms with Gasteiger partial charge in [0.05, 0.1) is 17.8 Å². The summed E-state index contributed by atoms with van der Waals surface area (Å²) in [6, 6.07) is 14.2. The number of morpholine rings is 1. The Labute approximate surface area is 158 Å². The highest BCUT2D eigenvalue weighted by Gasteiger charge is 2.26. The maximum absolute atomic E-state index is 12.8. The molecule has 0 bridgehead atoms. The summed E-state index contributed by atoms with van der Waals surface area (Å²) in [7, 11) is 0. The van der Waals surface area contributed by atoms with E-state index in [4.69, 9.17) is 15.2 Å². The molecule has 1 saturated heterocycles. The lowest BCUT2D eigenvalue weighted by atomic mass is 10.1. The summed E-state index contributed by atoms with van der Waals surface area (Å²) in [5, 5.41) is 0. The summed E-state index contributed by atoms with van der Waals surface area (Å²) < 4.78 is 11.4. The number of para-hydroxylation sites is 1. The van der Waals surface area contributed by atoms with E-state index >= 15 is 0 Å². The minimum Gasteiger partial charge on any atom is -0.488 e. The van der Waals surface area contributed by atoms with E-state index in [9.17, 15) is 9.59 Å². The third kappa shape index (κ3) is 4.65. The molecule has 6 nitrogen and oxygen atoms in total. The summed E-state index contributed by atoms with van der Waals surface area (Å²) in [6.45, 7) is 5.33. The number of amides is 2. The third-order valence-electron chi connectivity index (χ3n) is 4.43. The second-order valence-electron chi connectivity index (χ2n) is 6.82. The second kappa shape index (κ2) is 8.22. The van der Waals surface area contributed by atoms with Gasteiger partial charge in [-0.1, -0.05) is 24.3 Å². The average Bonchev–Trinajstić information content (AvgIpc) is 2.65. The van der Waals surface area contributed by atoms with Crippen molar-refractivity contribution < 1.29 is 19.1 Å². The van der Waals surface area contributed by atoms with Crippen LogP contribution < -0.4 is 10.5 Å². The maximum Gasteiger partial charge on any atom is 0.254 e. The lowest BCUT2D eigenvalue weighted by molar-refractivity contribution is -0.0586. The molecular weight excluding hydrogens is 344 g/mol. The number of nitrogens with zero attached hydrogens (tertiary/aromatic N) is 1. The first-order valence-corrected chi connectivity index (χ1v) is 8.99. The van der Waals surface area contributed by atoms with E-state index in [1.54, 1.807) is 30.3 Å².